The highest BCUT2D eigenvalue weighted by atomic mass is 32.2. The van der Waals surface area contributed by atoms with Crippen LogP contribution in [0.3, 0.4) is 0 Å². The van der Waals surface area contributed by atoms with E-state index in [2.05, 4.69) is 0 Å². The summed E-state index contributed by atoms with van der Waals surface area (Å²) >= 11 is 0. The van der Waals surface area contributed by atoms with Crippen molar-refractivity contribution in [3.05, 3.63) is 59.7 Å². The fourth-order valence-electron chi connectivity index (χ4n) is 3.46. The zero-order chi connectivity index (χ0) is 24.2. The predicted molar refractivity (Wildman–Crippen MR) is 115 cm³/mol. The van der Waals surface area contributed by atoms with Gasteiger partial charge in [0.15, 0.2) is 5.78 Å². The van der Waals surface area contributed by atoms with E-state index < -0.39 is 32.8 Å². The Morgan fingerprint density at radius 3 is 2.30 bits per heavy atom. The number of β-amino-alcohol motifs (C(OH)–C–C–N with tert-alkyl or cyclic N) is 1. The van der Waals surface area contributed by atoms with Crippen molar-refractivity contribution in [2.24, 2.45) is 0 Å². The van der Waals surface area contributed by atoms with Crippen LogP contribution in [-0.4, -0.2) is 73.9 Å². The number of carbonyl (C=O) groups excluding carboxylic acids is 1. The summed E-state index contributed by atoms with van der Waals surface area (Å²) in [6, 6.07) is 10.3. The summed E-state index contributed by atoms with van der Waals surface area (Å²) in [7, 11) is -4.06. The van der Waals surface area contributed by atoms with Gasteiger partial charge in [-0.25, -0.2) is 8.42 Å². The molecule has 2 aromatic carbocycles. The van der Waals surface area contributed by atoms with E-state index in [0.717, 1.165) is 22.5 Å². The van der Waals surface area contributed by atoms with Crippen molar-refractivity contribution >= 4 is 15.8 Å². The fourth-order valence-corrected chi connectivity index (χ4v) is 4.93. The van der Waals surface area contributed by atoms with Crippen molar-refractivity contribution in [2.75, 3.05) is 39.3 Å². The molecule has 1 heterocycles. The lowest BCUT2D eigenvalue weighted by Gasteiger charge is -2.34. The van der Waals surface area contributed by atoms with Gasteiger partial charge in [-0.05, 0) is 49.4 Å². The molecule has 0 bridgehead atoms. The van der Waals surface area contributed by atoms with Crippen LogP contribution in [0, 0.1) is 0 Å². The van der Waals surface area contributed by atoms with Crippen LogP contribution < -0.4 is 4.74 Å². The van der Waals surface area contributed by atoms with Crippen molar-refractivity contribution < 1.29 is 36.2 Å². The summed E-state index contributed by atoms with van der Waals surface area (Å²) in [5, 5.41) is 10.3. The maximum absolute atomic E-state index is 12.9. The number of ketones is 1. The SMILES string of the molecule is CC(=O)c1ccc(OCC(O)CN2CCN(S(=O)(=O)c3cccc(C(F)(F)F)c3)CC2)cc1. The van der Waals surface area contributed by atoms with Gasteiger partial charge in [0.25, 0.3) is 0 Å². The maximum Gasteiger partial charge on any atom is 0.416 e. The highest BCUT2D eigenvalue weighted by Crippen LogP contribution is 2.31. The number of halogens is 3. The number of aliphatic hydroxyl groups is 1. The Morgan fingerprint density at radius 1 is 1.09 bits per heavy atom. The first-order valence-electron chi connectivity index (χ1n) is 10.3. The molecule has 3 rings (SSSR count). The molecule has 33 heavy (non-hydrogen) atoms. The molecule has 1 aliphatic heterocycles. The van der Waals surface area contributed by atoms with Gasteiger partial charge in [0, 0.05) is 38.3 Å². The molecule has 0 spiro atoms. The fraction of sp³-hybridized carbons (Fsp3) is 0.409. The summed E-state index contributed by atoms with van der Waals surface area (Å²) in [6.45, 7) is 2.57. The van der Waals surface area contributed by atoms with Crippen molar-refractivity contribution in [3.63, 3.8) is 0 Å². The van der Waals surface area contributed by atoms with Crippen LogP contribution in [0.5, 0.6) is 5.75 Å². The van der Waals surface area contributed by atoms with Crippen molar-refractivity contribution in [1.29, 1.82) is 0 Å². The first-order valence-corrected chi connectivity index (χ1v) is 11.7. The van der Waals surface area contributed by atoms with E-state index in [1.165, 1.54) is 6.92 Å². The van der Waals surface area contributed by atoms with Crippen LogP contribution in [0.1, 0.15) is 22.8 Å². The number of ether oxygens (including phenoxy) is 1. The second-order valence-corrected chi connectivity index (χ2v) is 9.71. The van der Waals surface area contributed by atoms with Gasteiger partial charge in [-0.15, -0.1) is 0 Å². The number of Topliss-reactive ketones (excluding diaryl/α,β-unsaturated/α-hetero) is 1. The third-order valence-corrected chi connectivity index (χ3v) is 7.20. The summed E-state index contributed by atoms with van der Waals surface area (Å²) in [5.41, 5.74) is -0.456. The van der Waals surface area contributed by atoms with E-state index >= 15 is 0 Å². The van der Waals surface area contributed by atoms with Crippen LogP contribution in [0.15, 0.2) is 53.4 Å². The number of rotatable bonds is 8. The number of sulfonamides is 1. The highest BCUT2D eigenvalue weighted by molar-refractivity contribution is 7.89. The molecule has 0 aliphatic carbocycles. The summed E-state index contributed by atoms with van der Waals surface area (Å²) < 4.78 is 71.0. The molecule has 0 radical (unpaired) electrons. The highest BCUT2D eigenvalue weighted by Gasteiger charge is 2.34. The molecule has 1 N–H and O–H groups in total. The van der Waals surface area contributed by atoms with Crippen LogP contribution in [0.2, 0.25) is 0 Å². The smallest absolute Gasteiger partial charge is 0.416 e. The minimum atomic E-state index is -4.63. The Labute approximate surface area is 190 Å². The number of nitrogens with zero attached hydrogens (tertiary/aromatic N) is 2. The van der Waals surface area contributed by atoms with Gasteiger partial charge in [0.2, 0.25) is 10.0 Å². The molecule has 1 fully saturated rings. The normalized spacial score (nSPS) is 17.0. The molecule has 1 atom stereocenters. The minimum Gasteiger partial charge on any atom is -0.491 e. The zero-order valence-corrected chi connectivity index (χ0v) is 18.8. The third kappa shape index (κ3) is 6.53. The Morgan fingerprint density at radius 2 is 1.73 bits per heavy atom. The van der Waals surface area contributed by atoms with Gasteiger partial charge in [-0.1, -0.05) is 6.07 Å². The van der Waals surface area contributed by atoms with Gasteiger partial charge in [-0.3, -0.25) is 9.69 Å². The van der Waals surface area contributed by atoms with Gasteiger partial charge >= 0.3 is 6.18 Å². The molecule has 1 saturated heterocycles. The molecule has 0 saturated carbocycles. The topological polar surface area (TPSA) is 87.2 Å². The number of hydrogen-bond acceptors (Lipinski definition) is 6. The lowest BCUT2D eigenvalue weighted by atomic mass is 10.1. The van der Waals surface area contributed by atoms with E-state index in [1.54, 1.807) is 24.3 Å². The van der Waals surface area contributed by atoms with Crippen LogP contribution in [-0.2, 0) is 16.2 Å². The largest absolute Gasteiger partial charge is 0.491 e. The molecule has 1 aliphatic rings. The van der Waals surface area contributed by atoms with Crippen LogP contribution >= 0.6 is 0 Å². The molecular formula is C22H25F3N2O5S. The Bertz CT molecular complexity index is 1070. The Hall–Kier alpha value is -2.47. The Kier molecular flexibility index (Phi) is 7.78. The predicted octanol–water partition coefficient (Wildman–Crippen LogP) is 2.65. The monoisotopic (exact) mass is 486 g/mol. The number of aliphatic hydroxyl groups excluding tert-OH is 1. The first-order chi connectivity index (χ1) is 15.5. The van der Waals surface area contributed by atoms with E-state index in [1.807, 2.05) is 4.90 Å². The molecule has 11 heteroatoms. The maximum atomic E-state index is 12.9. The van der Waals surface area contributed by atoms with E-state index in [4.69, 9.17) is 4.74 Å². The molecule has 0 amide bonds. The lowest BCUT2D eigenvalue weighted by Crippen LogP contribution is -2.50. The second kappa shape index (κ2) is 10.2. The van der Waals surface area contributed by atoms with Gasteiger partial charge in [0.05, 0.1) is 10.5 Å². The van der Waals surface area contributed by atoms with Crippen LogP contribution in [0.4, 0.5) is 13.2 Å². The molecule has 2 aromatic rings. The number of alkyl halides is 3. The second-order valence-electron chi connectivity index (χ2n) is 7.78. The van der Waals surface area contributed by atoms with E-state index in [-0.39, 0.29) is 32.0 Å². The summed E-state index contributed by atoms with van der Waals surface area (Å²) in [4.78, 5) is 12.8. The molecule has 0 aromatic heterocycles. The summed E-state index contributed by atoms with van der Waals surface area (Å²) in [5.74, 6) is 0.451. The molecule has 7 nitrogen and oxygen atoms in total. The average molecular weight is 487 g/mol. The number of benzene rings is 2. The number of carbonyl (C=O) groups is 1. The first kappa shape index (κ1) is 25.2. The molecular weight excluding hydrogens is 461 g/mol. The number of hydrogen-bond donors (Lipinski definition) is 1. The van der Waals surface area contributed by atoms with Gasteiger partial charge in [-0.2, -0.15) is 17.5 Å². The van der Waals surface area contributed by atoms with Crippen molar-refractivity contribution in [1.82, 2.24) is 9.21 Å². The lowest BCUT2D eigenvalue weighted by molar-refractivity contribution is -0.137. The van der Waals surface area contributed by atoms with Crippen LogP contribution in [0.25, 0.3) is 0 Å². The number of piperazine rings is 1. The third-order valence-electron chi connectivity index (χ3n) is 5.30. The standard InChI is InChI=1S/C22H25F3N2O5S/c1-16(28)17-5-7-20(8-6-17)32-15-19(29)14-26-9-11-27(12-10-26)33(30,31)21-4-2-3-18(13-21)22(23,24)25/h2-8,13,19,29H,9-12,14-15H2,1H3. The van der Waals surface area contributed by atoms with E-state index in [9.17, 15) is 31.5 Å². The van der Waals surface area contributed by atoms with Gasteiger partial charge in [0.1, 0.15) is 18.5 Å². The minimum absolute atomic E-state index is 0.0160. The summed E-state index contributed by atoms with van der Waals surface area (Å²) in [6.07, 6.45) is -5.46. The molecule has 1 unspecified atom stereocenters. The molecule has 180 valence electrons. The quantitative estimate of drug-likeness (QED) is 0.578. The van der Waals surface area contributed by atoms with Gasteiger partial charge < -0.3 is 9.84 Å². The Balaban J connectivity index is 1.50. The van der Waals surface area contributed by atoms with Crippen molar-refractivity contribution in [3.8, 4) is 5.75 Å². The average Bonchev–Trinajstić information content (AvgIpc) is 2.78. The zero-order valence-electron chi connectivity index (χ0n) is 18.0. The van der Waals surface area contributed by atoms with Crippen molar-refractivity contribution in [2.45, 2.75) is 24.1 Å². The van der Waals surface area contributed by atoms with E-state index in [0.29, 0.717) is 30.5 Å².